The van der Waals surface area contributed by atoms with Gasteiger partial charge in [-0.25, -0.2) is 4.68 Å². The minimum Gasteiger partial charge on any atom is -0.382 e. The molecule has 0 amide bonds. The van der Waals surface area contributed by atoms with Gasteiger partial charge >= 0.3 is 0 Å². The first-order valence-electron chi connectivity index (χ1n) is 6.12. The second kappa shape index (κ2) is 11.1. The lowest BCUT2D eigenvalue weighted by Gasteiger charge is -2.05. The maximum atomic E-state index is 5.46. The number of nitrogens with zero attached hydrogens (tertiary/aromatic N) is 4. The molecule has 0 radical (unpaired) electrons. The van der Waals surface area contributed by atoms with Crippen molar-refractivity contribution in [1.29, 1.82) is 0 Å². The van der Waals surface area contributed by atoms with Crippen LogP contribution < -0.4 is 5.73 Å². The van der Waals surface area contributed by atoms with Gasteiger partial charge in [0.05, 0.1) is 39.6 Å². The summed E-state index contributed by atoms with van der Waals surface area (Å²) in [5, 5.41) is 12.1. The van der Waals surface area contributed by atoms with E-state index in [1.165, 1.54) is 0 Å². The third-order valence-corrected chi connectivity index (χ3v) is 3.02. The SMILES string of the molecule is COCCOCCOCCSc1nnnn1CCN. The monoisotopic (exact) mass is 291 g/mol. The largest absolute Gasteiger partial charge is 0.382 e. The number of rotatable bonds is 12. The predicted molar refractivity (Wildman–Crippen MR) is 71.1 cm³/mol. The zero-order valence-electron chi connectivity index (χ0n) is 11.2. The minimum atomic E-state index is 0.522. The Labute approximate surface area is 117 Å². The quantitative estimate of drug-likeness (QED) is 0.403. The van der Waals surface area contributed by atoms with Crippen molar-refractivity contribution in [3.05, 3.63) is 0 Å². The van der Waals surface area contributed by atoms with E-state index in [0.29, 0.717) is 46.1 Å². The van der Waals surface area contributed by atoms with E-state index in [0.717, 1.165) is 10.9 Å². The summed E-state index contributed by atoms with van der Waals surface area (Å²) in [6.07, 6.45) is 0. The molecule has 1 aromatic rings. The first kappa shape index (κ1) is 16.3. The van der Waals surface area contributed by atoms with Gasteiger partial charge in [0.2, 0.25) is 5.16 Å². The molecule has 0 spiro atoms. The Kier molecular flexibility index (Phi) is 9.55. The molecule has 0 aliphatic heterocycles. The second-order valence-corrected chi connectivity index (χ2v) is 4.60. The Morgan fingerprint density at radius 3 is 2.63 bits per heavy atom. The van der Waals surface area contributed by atoms with Gasteiger partial charge in [0.25, 0.3) is 0 Å². The predicted octanol–water partition coefficient (Wildman–Crippen LogP) is -0.596. The highest BCUT2D eigenvalue weighted by Crippen LogP contribution is 2.12. The summed E-state index contributed by atoms with van der Waals surface area (Å²) in [6.45, 7) is 4.16. The van der Waals surface area contributed by atoms with Crippen molar-refractivity contribution in [3.8, 4) is 0 Å². The van der Waals surface area contributed by atoms with Crippen molar-refractivity contribution >= 4 is 11.8 Å². The second-order valence-electron chi connectivity index (χ2n) is 3.54. The number of methoxy groups -OCH3 is 1. The Balaban J connectivity index is 1.97. The molecule has 0 saturated carbocycles. The molecule has 0 aliphatic carbocycles. The van der Waals surface area contributed by atoms with E-state index < -0.39 is 0 Å². The average molecular weight is 291 g/mol. The van der Waals surface area contributed by atoms with E-state index in [-0.39, 0.29) is 0 Å². The summed E-state index contributed by atoms with van der Waals surface area (Å²) < 4.78 is 17.2. The topological polar surface area (TPSA) is 97.3 Å². The number of thioether (sulfide) groups is 1. The number of tetrazole rings is 1. The van der Waals surface area contributed by atoms with E-state index in [9.17, 15) is 0 Å². The van der Waals surface area contributed by atoms with Crippen molar-refractivity contribution in [2.45, 2.75) is 11.7 Å². The molecule has 0 saturated heterocycles. The van der Waals surface area contributed by atoms with Gasteiger partial charge in [-0.15, -0.1) is 5.10 Å². The molecule has 1 aromatic heterocycles. The lowest BCUT2D eigenvalue weighted by atomic mass is 10.7. The van der Waals surface area contributed by atoms with Crippen LogP contribution in [-0.4, -0.2) is 72.6 Å². The Morgan fingerprint density at radius 2 is 1.89 bits per heavy atom. The molecule has 1 rings (SSSR count). The average Bonchev–Trinajstić information content (AvgIpc) is 2.85. The molecule has 0 unspecified atom stereocenters. The summed E-state index contributed by atoms with van der Waals surface area (Å²) >= 11 is 1.55. The third kappa shape index (κ3) is 7.43. The van der Waals surface area contributed by atoms with Gasteiger partial charge in [-0.05, 0) is 10.4 Å². The zero-order valence-corrected chi connectivity index (χ0v) is 12.0. The fraction of sp³-hybridized carbons (Fsp3) is 0.900. The van der Waals surface area contributed by atoms with Crippen LogP contribution in [-0.2, 0) is 20.8 Å². The Bertz CT molecular complexity index is 326. The van der Waals surface area contributed by atoms with Crippen LogP contribution in [0.1, 0.15) is 0 Å². The van der Waals surface area contributed by atoms with Crippen LogP contribution in [0.5, 0.6) is 0 Å². The normalized spacial score (nSPS) is 11.1. The highest BCUT2D eigenvalue weighted by molar-refractivity contribution is 7.99. The standard InChI is InChI=1S/C10H21N5O3S/c1-16-4-5-17-6-7-18-8-9-19-10-12-13-14-15(10)3-2-11/h2-9,11H2,1H3. The summed E-state index contributed by atoms with van der Waals surface area (Å²) in [7, 11) is 1.65. The molecule has 0 aromatic carbocycles. The summed E-state index contributed by atoms with van der Waals surface area (Å²) in [5.74, 6) is 0.795. The Morgan fingerprint density at radius 1 is 1.16 bits per heavy atom. The number of ether oxygens (including phenoxy) is 3. The lowest BCUT2D eigenvalue weighted by Crippen LogP contribution is -2.13. The van der Waals surface area contributed by atoms with Gasteiger partial charge in [0.15, 0.2) is 0 Å². The fourth-order valence-electron chi connectivity index (χ4n) is 1.22. The molecule has 0 fully saturated rings. The maximum Gasteiger partial charge on any atom is 0.209 e. The van der Waals surface area contributed by atoms with Gasteiger partial charge in [0.1, 0.15) is 0 Å². The molecule has 19 heavy (non-hydrogen) atoms. The molecule has 110 valence electrons. The van der Waals surface area contributed by atoms with Crippen LogP contribution in [0.15, 0.2) is 5.16 Å². The van der Waals surface area contributed by atoms with Crippen LogP contribution in [0.3, 0.4) is 0 Å². The smallest absolute Gasteiger partial charge is 0.209 e. The number of hydrogen-bond donors (Lipinski definition) is 1. The van der Waals surface area contributed by atoms with Gasteiger partial charge in [-0.1, -0.05) is 11.8 Å². The summed E-state index contributed by atoms with van der Waals surface area (Å²) in [6, 6.07) is 0. The van der Waals surface area contributed by atoms with Crippen molar-refractivity contribution in [2.75, 3.05) is 52.4 Å². The van der Waals surface area contributed by atoms with Crippen molar-refractivity contribution < 1.29 is 14.2 Å². The van der Waals surface area contributed by atoms with Gasteiger partial charge < -0.3 is 19.9 Å². The van der Waals surface area contributed by atoms with Crippen molar-refractivity contribution in [3.63, 3.8) is 0 Å². The van der Waals surface area contributed by atoms with Crippen LogP contribution in [0.2, 0.25) is 0 Å². The highest BCUT2D eigenvalue weighted by atomic mass is 32.2. The van der Waals surface area contributed by atoms with Crippen molar-refractivity contribution in [1.82, 2.24) is 20.2 Å². The first-order chi connectivity index (χ1) is 9.38. The van der Waals surface area contributed by atoms with E-state index in [1.807, 2.05) is 0 Å². The molecule has 0 bridgehead atoms. The molecule has 9 heteroatoms. The third-order valence-electron chi connectivity index (χ3n) is 2.10. The molecule has 8 nitrogen and oxygen atoms in total. The molecule has 2 N–H and O–H groups in total. The molecular formula is C10H21N5O3S. The van der Waals surface area contributed by atoms with Gasteiger partial charge in [-0.2, -0.15) is 0 Å². The van der Waals surface area contributed by atoms with Crippen LogP contribution in [0.4, 0.5) is 0 Å². The van der Waals surface area contributed by atoms with Gasteiger partial charge in [0, 0.05) is 19.4 Å². The number of aromatic nitrogens is 4. The fourth-order valence-corrected chi connectivity index (χ4v) is 1.97. The zero-order chi connectivity index (χ0) is 13.8. The molecule has 0 atom stereocenters. The van der Waals surface area contributed by atoms with Gasteiger partial charge in [-0.3, -0.25) is 0 Å². The number of nitrogens with two attached hydrogens (primary N) is 1. The highest BCUT2D eigenvalue weighted by Gasteiger charge is 2.05. The molecule has 1 heterocycles. The number of hydrogen-bond acceptors (Lipinski definition) is 8. The van der Waals surface area contributed by atoms with E-state index in [1.54, 1.807) is 23.6 Å². The van der Waals surface area contributed by atoms with Crippen LogP contribution in [0, 0.1) is 0 Å². The van der Waals surface area contributed by atoms with E-state index in [2.05, 4.69) is 15.5 Å². The maximum absolute atomic E-state index is 5.46. The first-order valence-corrected chi connectivity index (χ1v) is 7.10. The van der Waals surface area contributed by atoms with E-state index >= 15 is 0 Å². The Hall–Kier alpha value is -0.740. The van der Waals surface area contributed by atoms with Crippen LogP contribution >= 0.6 is 11.8 Å². The minimum absolute atomic E-state index is 0.522. The summed E-state index contributed by atoms with van der Waals surface area (Å²) in [5.41, 5.74) is 5.46. The van der Waals surface area contributed by atoms with Crippen LogP contribution in [0.25, 0.3) is 0 Å². The summed E-state index contributed by atoms with van der Waals surface area (Å²) in [4.78, 5) is 0. The lowest BCUT2D eigenvalue weighted by molar-refractivity contribution is 0.0286. The van der Waals surface area contributed by atoms with E-state index in [4.69, 9.17) is 19.9 Å². The van der Waals surface area contributed by atoms with Crippen molar-refractivity contribution in [2.24, 2.45) is 5.73 Å². The molecule has 0 aliphatic rings. The molecular weight excluding hydrogens is 270 g/mol.